The lowest BCUT2D eigenvalue weighted by atomic mass is 10.1. The van der Waals surface area contributed by atoms with E-state index in [-0.39, 0.29) is 0 Å². The Morgan fingerprint density at radius 2 is 1.78 bits per heavy atom. The van der Waals surface area contributed by atoms with Crippen LogP contribution in [0.5, 0.6) is 11.5 Å². The molecule has 0 aromatic heterocycles. The zero-order valence-corrected chi connectivity index (χ0v) is 17.7. The zero-order valence-electron chi connectivity index (χ0n) is 16.2. The van der Waals surface area contributed by atoms with Crippen molar-refractivity contribution in [2.75, 3.05) is 13.2 Å². The molecule has 0 saturated carbocycles. The van der Waals surface area contributed by atoms with Crippen molar-refractivity contribution in [1.82, 2.24) is 5.32 Å². The van der Waals surface area contributed by atoms with Crippen LogP contribution in [0.15, 0.2) is 36.4 Å². The first-order valence-electron chi connectivity index (χ1n) is 9.67. The van der Waals surface area contributed by atoms with E-state index >= 15 is 0 Å². The molecule has 0 aliphatic carbocycles. The van der Waals surface area contributed by atoms with Crippen LogP contribution in [0.1, 0.15) is 50.7 Å². The van der Waals surface area contributed by atoms with Gasteiger partial charge in [-0.15, -0.1) is 0 Å². The molecule has 0 fully saturated rings. The number of hydrogen-bond donors (Lipinski definition) is 1. The Labute approximate surface area is 173 Å². The third kappa shape index (κ3) is 7.25. The molecule has 0 heterocycles. The second kappa shape index (κ2) is 12.1. The lowest BCUT2D eigenvalue weighted by molar-refractivity contribution is 0.266. The second-order valence-electron chi connectivity index (χ2n) is 6.44. The third-order valence-corrected chi connectivity index (χ3v) is 4.86. The van der Waals surface area contributed by atoms with Crippen LogP contribution in [-0.4, -0.2) is 13.2 Å². The summed E-state index contributed by atoms with van der Waals surface area (Å²) in [5.74, 6) is 1.53. The van der Waals surface area contributed by atoms with Crippen molar-refractivity contribution in [1.29, 1.82) is 0 Å². The second-order valence-corrected chi connectivity index (χ2v) is 7.28. The average Bonchev–Trinajstić information content (AvgIpc) is 2.65. The van der Waals surface area contributed by atoms with Crippen molar-refractivity contribution in [3.05, 3.63) is 57.6 Å². The van der Waals surface area contributed by atoms with Gasteiger partial charge in [0.05, 0.1) is 6.61 Å². The number of unbranched alkanes of at least 4 members (excludes halogenated alkanes) is 3. The molecule has 0 unspecified atom stereocenters. The van der Waals surface area contributed by atoms with Gasteiger partial charge < -0.3 is 14.8 Å². The molecule has 0 aliphatic rings. The Hall–Kier alpha value is -1.42. The van der Waals surface area contributed by atoms with Gasteiger partial charge in [-0.3, -0.25) is 0 Å². The summed E-state index contributed by atoms with van der Waals surface area (Å²) in [5.41, 5.74) is 1.98. The molecule has 0 atom stereocenters. The minimum atomic E-state index is 0.365. The first kappa shape index (κ1) is 21.9. The molecule has 0 radical (unpaired) electrons. The molecular formula is C22H29Cl2NO2. The predicted octanol–water partition coefficient (Wildman–Crippen LogP) is 6.64. The van der Waals surface area contributed by atoms with Gasteiger partial charge in [0.25, 0.3) is 0 Å². The van der Waals surface area contributed by atoms with Gasteiger partial charge in [-0.25, -0.2) is 0 Å². The van der Waals surface area contributed by atoms with Gasteiger partial charge >= 0.3 is 0 Å². The van der Waals surface area contributed by atoms with Crippen LogP contribution in [-0.2, 0) is 13.2 Å². The molecule has 27 heavy (non-hydrogen) atoms. The van der Waals surface area contributed by atoms with E-state index in [1.165, 1.54) is 25.7 Å². The highest BCUT2D eigenvalue weighted by Crippen LogP contribution is 2.33. The molecule has 2 rings (SSSR count). The van der Waals surface area contributed by atoms with Crippen LogP contribution in [0.25, 0.3) is 0 Å². The van der Waals surface area contributed by atoms with Gasteiger partial charge in [-0.05, 0) is 38.1 Å². The van der Waals surface area contributed by atoms with Gasteiger partial charge in [-0.2, -0.15) is 0 Å². The van der Waals surface area contributed by atoms with E-state index < -0.39 is 0 Å². The quantitative estimate of drug-likeness (QED) is 0.398. The number of benzene rings is 2. The van der Waals surface area contributed by atoms with Crippen molar-refractivity contribution < 1.29 is 9.47 Å². The summed E-state index contributed by atoms with van der Waals surface area (Å²) >= 11 is 12.2. The highest BCUT2D eigenvalue weighted by atomic mass is 35.5. The first-order chi connectivity index (χ1) is 13.2. The van der Waals surface area contributed by atoms with Crippen LogP contribution in [0.4, 0.5) is 0 Å². The molecule has 2 aromatic carbocycles. The van der Waals surface area contributed by atoms with E-state index in [9.17, 15) is 0 Å². The van der Waals surface area contributed by atoms with E-state index in [4.69, 9.17) is 32.7 Å². The number of halogens is 2. The lowest BCUT2D eigenvalue weighted by Gasteiger charge is -2.17. The van der Waals surface area contributed by atoms with Gasteiger partial charge in [0.2, 0.25) is 0 Å². The smallest absolute Gasteiger partial charge is 0.166 e. The Morgan fingerprint density at radius 1 is 0.926 bits per heavy atom. The summed E-state index contributed by atoms with van der Waals surface area (Å²) in [4.78, 5) is 0. The van der Waals surface area contributed by atoms with Crippen molar-refractivity contribution >= 4 is 23.2 Å². The van der Waals surface area contributed by atoms with Gasteiger partial charge in [0, 0.05) is 27.7 Å². The highest BCUT2D eigenvalue weighted by molar-refractivity contribution is 6.35. The molecule has 5 heteroatoms. The van der Waals surface area contributed by atoms with E-state index in [0.717, 1.165) is 35.7 Å². The minimum Gasteiger partial charge on any atom is -0.490 e. The SMILES string of the molecule is CCCCCCNCc1cccc(OCC)c1OCc1ccc(Cl)cc1Cl. The van der Waals surface area contributed by atoms with Crippen molar-refractivity contribution in [3.8, 4) is 11.5 Å². The highest BCUT2D eigenvalue weighted by Gasteiger charge is 2.12. The van der Waals surface area contributed by atoms with E-state index in [2.05, 4.69) is 18.3 Å². The zero-order chi connectivity index (χ0) is 19.5. The largest absolute Gasteiger partial charge is 0.490 e. The maximum Gasteiger partial charge on any atom is 0.166 e. The minimum absolute atomic E-state index is 0.365. The van der Waals surface area contributed by atoms with Gasteiger partial charge in [0.1, 0.15) is 6.61 Å². The summed E-state index contributed by atoms with van der Waals surface area (Å²) in [6.07, 6.45) is 5.00. The molecule has 1 N–H and O–H groups in total. The molecule has 0 saturated heterocycles. The molecular weight excluding hydrogens is 381 g/mol. The standard InChI is InChI=1S/C22H29Cl2NO2/c1-3-5-6-7-13-25-15-17-9-8-10-21(26-4-2)22(17)27-16-18-11-12-19(23)14-20(18)24/h8-12,14,25H,3-7,13,15-16H2,1-2H3. The molecule has 0 aliphatic heterocycles. The molecule has 3 nitrogen and oxygen atoms in total. The average molecular weight is 410 g/mol. The van der Waals surface area contributed by atoms with Crippen LogP contribution in [0.3, 0.4) is 0 Å². The fourth-order valence-corrected chi connectivity index (χ4v) is 3.29. The molecule has 0 bridgehead atoms. The first-order valence-corrected chi connectivity index (χ1v) is 10.4. The topological polar surface area (TPSA) is 30.5 Å². The fourth-order valence-electron chi connectivity index (χ4n) is 2.82. The predicted molar refractivity (Wildman–Crippen MR) is 114 cm³/mol. The summed E-state index contributed by atoms with van der Waals surface area (Å²) < 4.78 is 11.9. The number of nitrogens with one attached hydrogen (secondary N) is 1. The Kier molecular flexibility index (Phi) is 9.82. The summed E-state index contributed by atoms with van der Waals surface area (Å²) in [6, 6.07) is 11.4. The maximum absolute atomic E-state index is 6.27. The monoisotopic (exact) mass is 409 g/mol. The molecule has 0 spiro atoms. The van der Waals surface area contributed by atoms with Crippen LogP contribution in [0.2, 0.25) is 10.0 Å². The number of hydrogen-bond acceptors (Lipinski definition) is 3. The van der Waals surface area contributed by atoms with E-state index in [0.29, 0.717) is 23.3 Å². The van der Waals surface area contributed by atoms with Crippen LogP contribution >= 0.6 is 23.2 Å². The van der Waals surface area contributed by atoms with E-state index in [1.54, 1.807) is 6.07 Å². The molecule has 0 amide bonds. The Bertz CT molecular complexity index is 707. The lowest BCUT2D eigenvalue weighted by Crippen LogP contribution is -2.16. The summed E-state index contributed by atoms with van der Waals surface area (Å²) in [5, 5.41) is 4.73. The van der Waals surface area contributed by atoms with Crippen molar-refractivity contribution in [2.45, 2.75) is 52.7 Å². The van der Waals surface area contributed by atoms with Crippen molar-refractivity contribution in [3.63, 3.8) is 0 Å². The van der Waals surface area contributed by atoms with Crippen LogP contribution in [0, 0.1) is 0 Å². The Morgan fingerprint density at radius 3 is 2.52 bits per heavy atom. The summed E-state index contributed by atoms with van der Waals surface area (Å²) in [7, 11) is 0. The number of rotatable bonds is 12. The van der Waals surface area contributed by atoms with Gasteiger partial charge in [0.15, 0.2) is 11.5 Å². The summed E-state index contributed by atoms with van der Waals surface area (Å²) in [6.45, 7) is 6.90. The Balaban J connectivity index is 2.04. The van der Waals surface area contributed by atoms with Crippen molar-refractivity contribution in [2.24, 2.45) is 0 Å². The van der Waals surface area contributed by atoms with Crippen LogP contribution < -0.4 is 14.8 Å². The van der Waals surface area contributed by atoms with Gasteiger partial charge in [-0.1, -0.05) is 67.6 Å². The fraction of sp³-hybridized carbons (Fsp3) is 0.455. The molecule has 2 aromatic rings. The number of para-hydroxylation sites is 1. The number of ether oxygens (including phenoxy) is 2. The molecule has 148 valence electrons. The van der Waals surface area contributed by atoms with E-state index in [1.807, 2.05) is 31.2 Å². The normalized spacial score (nSPS) is 10.8. The maximum atomic E-state index is 6.27. The third-order valence-electron chi connectivity index (χ3n) is 4.27.